The molecule has 5 heteroatoms. The van der Waals surface area contributed by atoms with E-state index >= 15 is 0 Å². The summed E-state index contributed by atoms with van der Waals surface area (Å²) in [5.74, 6) is 0.808. The number of benzene rings is 2. The van der Waals surface area contributed by atoms with Crippen LogP contribution in [-0.2, 0) is 6.42 Å². The Kier molecular flexibility index (Phi) is 4.88. The molecular formula is C24H23N5. The third-order valence-corrected chi connectivity index (χ3v) is 5.28. The predicted molar refractivity (Wildman–Crippen MR) is 117 cm³/mol. The molecule has 0 atom stereocenters. The van der Waals surface area contributed by atoms with Crippen LogP contribution in [0.1, 0.15) is 11.3 Å². The number of anilines is 1. The molecule has 1 aliphatic rings. The molecule has 0 saturated carbocycles. The van der Waals surface area contributed by atoms with E-state index in [1.165, 1.54) is 5.56 Å². The molecular weight excluding hydrogens is 358 g/mol. The number of rotatable bonds is 4. The molecule has 5 nitrogen and oxygen atoms in total. The Morgan fingerprint density at radius 3 is 2.52 bits per heavy atom. The topological polar surface area (TPSA) is 53.9 Å². The van der Waals surface area contributed by atoms with Gasteiger partial charge >= 0.3 is 0 Å². The van der Waals surface area contributed by atoms with Crippen molar-refractivity contribution in [1.29, 1.82) is 0 Å². The fraction of sp³-hybridized carbons (Fsp3) is 0.208. The van der Waals surface area contributed by atoms with E-state index in [2.05, 4.69) is 57.7 Å². The van der Waals surface area contributed by atoms with Crippen LogP contribution >= 0.6 is 0 Å². The summed E-state index contributed by atoms with van der Waals surface area (Å²) in [5.41, 5.74) is 5.23. The van der Waals surface area contributed by atoms with Gasteiger partial charge in [0.25, 0.3) is 0 Å². The molecule has 2 aromatic carbocycles. The van der Waals surface area contributed by atoms with Gasteiger partial charge in [-0.2, -0.15) is 0 Å². The van der Waals surface area contributed by atoms with Crippen molar-refractivity contribution < 1.29 is 0 Å². The molecule has 4 aromatic rings. The number of piperazine rings is 1. The Bertz CT molecular complexity index is 1120. The van der Waals surface area contributed by atoms with Crippen molar-refractivity contribution in [2.75, 3.05) is 31.1 Å². The number of aromatic nitrogens is 3. The molecule has 1 N–H and O–H groups in total. The first-order valence-corrected chi connectivity index (χ1v) is 10.1. The van der Waals surface area contributed by atoms with Crippen molar-refractivity contribution >= 4 is 16.9 Å². The van der Waals surface area contributed by atoms with Gasteiger partial charge < -0.3 is 10.2 Å². The number of pyridine rings is 1. The normalized spacial score (nSPS) is 14.3. The first-order valence-electron chi connectivity index (χ1n) is 10.1. The van der Waals surface area contributed by atoms with Gasteiger partial charge in [-0.3, -0.25) is 4.98 Å². The van der Waals surface area contributed by atoms with Crippen molar-refractivity contribution in [3.63, 3.8) is 0 Å². The lowest BCUT2D eigenvalue weighted by molar-refractivity contribution is 0.579. The van der Waals surface area contributed by atoms with E-state index in [0.717, 1.165) is 66.4 Å². The van der Waals surface area contributed by atoms with E-state index < -0.39 is 0 Å². The van der Waals surface area contributed by atoms with Crippen molar-refractivity contribution in [3.05, 3.63) is 84.2 Å². The van der Waals surface area contributed by atoms with Crippen LogP contribution in [-0.4, -0.2) is 41.1 Å². The molecule has 1 fully saturated rings. The van der Waals surface area contributed by atoms with Gasteiger partial charge in [0, 0.05) is 49.7 Å². The molecule has 5 rings (SSSR count). The number of fused-ring (bicyclic) bond motifs is 1. The van der Waals surface area contributed by atoms with Gasteiger partial charge in [-0.15, -0.1) is 0 Å². The lowest BCUT2D eigenvalue weighted by Gasteiger charge is -2.28. The Morgan fingerprint density at radius 1 is 0.862 bits per heavy atom. The molecule has 29 heavy (non-hydrogen) atoms. The maximum absolute atomic E-state index is 4.92. The lowest BCUT2D eigenvalue weighted by Crippen LogP contribution is -2.44. The van der Waals surface area contributed by atoms with Crippen molar-refractivity contribution in [2.24, 2.45) is 0 Å². The number of para-hydroxylation sites is 1. The Morgan fingerprint density at radius 2 is 1.66 bits per heavy atom. The lowest BCUT2D eigenvalue weighted by atomic mass is 10.1. The molecule has 0 bridgehead atoms. The van der Waals surface area contributed by atoms with Crippen molar-refractivity contribution in [1.82, 2.24) is 20.3 Å². The highest BCUT2D eigenvalue weighted by molar-refractivity contribution is 5.82. The highest BCUT2D eigenvalue weighted by Gasteiger charge is 2.16. The van der Waals surface area contributed by atoms with Crippen molar-refractivity contribution in [3.8, 4) is 11.3 Å². The summed E-state index contributed by atoms with van der Waals surface area (Å²) >= 11 is 0. The predicted octanol–water partition coefficient (Wildman–Crippen LogP) is 3.69. The van der Waals surface area contributed by atoms with E-state index in [4.69, 9.17) is 9.97 Å². The van der Waals surface area contributed by atoms with Crippen LogP contribution in [0.5, 0.6) is 0 Å². The van der Waals surface area contributed by atoms with E-state index in [9.17, 15) is 0 Å². The van der Waals surface area contributed by atoms with Crippen molar-refractivity contribution in [2.45, 2.75) is 6.42 Å². The molecule has 144 valence electrons. The number of nitrogens with zero attached hydrogens (tertiary/aromatic N) is 4. The highest BCUT2D eigenvalue weighted by Crippen LogP contribution is 2.25. The quantitative estimate of drug-likeness (QED) is 0.584. The van der Waals surface area contributed by atoms with Gasteiger partial charge in [0.15, 0.2) is 0 Å². The van der Waals surface area contributed by atoms with Crippen LogP contribution in [0.3, 0.4) is 0 Å². The van der Waals surface area contributed by atoms with E-state index in [1.54, 1.807) is 0 Å². The summed E-state index contributed by atoms with van der Waals surface area (Å²) in [5, 5.41) is 4.52. The number of nitrogens with one attached hydrogen (secondary N) is 1. The molecule has 0 spiro atoms. The van der Waals surface area contributed by atoms with E-state index in [0.29, 0.717) is 0 Å². The smallest absolute Gasteiger partial charge is 0.226 e. The molecule has 2 aromatic heterocycles. The molecule has 0 amide bonds. The minimum absolute atomic E-state index is 0.788. The summed E-state index contributed by atoms with van der Waals surface area (Å²) in [6.07, 6.45) is 2.70. The van der Waals surface area contributed by atoms with Crippen LogP contribution < -0.4 is 10.2 Å². The Balaban J connectivity index is 1.57. The highest BCUT2D eigenvalue weighted by atomic mass is 15.3. The van der Waals surface area contributed by atoms with Gasteiger partial charge in [-0.1, -0.05) is 48.5 Å². The first kappa shape index (κ1) is 17.8. The van der Waals surface area contributed by atoms with Gasteiger partial charge in [0.2, 0.25) is 5.95 Å². The minimum atomic E-state index is 0.788. The third-order valence-electron chi connectivity index (χ3n) is 5.28. The second kappa shape index (κ2) is 7.97. The maximum Gasteiger partial charge on any atom is 0.226 e. The Labute approximate surface area is 170 Å². The summed E-state index contributed by atoms with van der Waals surface area (Å²) in [6, 6.07) is 22.9. The summed E-state index contributed by atoms with van der Waals surface area (Å²) in [6.45, 7) is 3.76. The van der Waals surface area contributed by atoms with Crippen LogP contribution in [0.2, 0.25) is 0 Å². The minimum Gasteiger partial charge on any atom is -0.338 e. The average Bonchev–Trinajstić information content (AvgIpc) is 2.80. The summed E-state index contributed by atoms with van der Waals surface area (Å²) in [4.78, 5) is 16.7. The standard InChI is InChI=1S/C24H23N5/c1-2-6-18(7-3-1)14-21-16-23(28-24(27-21)29-12-10-25-11-13-29)20-15-19-8-4-5-9-22(19)26-17-20/h1-9,15-17,25H,10-14H2. The zero-order valence-corrected chi connectivity index (χ0v) is 16.3. The SMILES string of the molecule is c1ccc(Cc2cc(-c3cnc4ccccc4c3)nc(N3CCNCC3)n2)cc1. The van der Waals surface area contributed by atoms with Crippen LogP contribution in [0.4, 0.5) is 5.95 Å². The fourth-order valence-electron chi connectivity index (χ4n) is 3.74. The van der Waals surface area contributed by atoms with E-state index in [1.807, 2.05) is 30.5 Å². The van der Waals surface area contributed by atoms with Crippen LogP contribution in [0.15, 0.2) is 72.9 Å². The zero-order chi connectivity index (χ0) is 19.5. The molecule has 0 aliphatic carbocycles. The second-order valence-electron chi connectivity index (χ2n) is 7.36. The third kappa shape index (κ3) is 3.96. The summed E-state index contributed by atoms with van der Waals surface area (Å²) in [7, 11) is 0. The molecule has 3 heterocycles. The Hall–Kier alpha value is -3.31. The monoisotopic (exact) mass is 381 g/mol. The molecule has 1 aliphatic heterocycles. The van der Waals surface area contributed by atoms with Gasteiger partial charge in [-0.25, -0.2) is 9.97 Å². The zero-order valence-electron chi connectivity index (χ0n) is 16.3. The molecule has 1 saturated heterocycles. The average molecular weight is 381 g/mol. The number of hydrogen-bond acceptors (Lipinski definition) is 5. The van der Waals surface area contributed by atoms with Crippen LogP contribution in [0.25, 0.3) is 22.2 Å². The summed E-state index contributed by atoms with van der Waals surface area (Å²) < 4.78 is 0. The van der Waals surface area contributed by atoms with Crippen LogP contribution in [0, 0.1) is 0 Å². The van der Waals surface area contributed by atoms with Gasteiger partial charge in [0.05, 0.1) is 16.9 Å². The molecule has 0 unspecified atom stereocenters. The van der Waals surface area contributed by atoms with Gasteiger partial charge in [-0.05, 0) is 23.8 Å². The fourth-order valence-corrected chi connectivity index (χ4v) is 3.74. The second-order valence-corrected chi connectivity index (χ2v) is 7.36. The first-order chi connectivity index (χ1) is 14.3. The van der Waals surface area contributed by atoms with Gasteiger partial charge in [0.1, 0.15) is 0 Å². The largest absolute Gasteiger partial charge is 0.338 e. The molecule has 0 radical (unpaired) electrons. The number of hydrogen-bond donors (Lipinski definition) is 1. The van der Waals surface area contributed by atoms with E-state index in [-0.39, 0.29) is 0 Å². The maximum atomic E-state index is 4.92.